The maximum absolute atomic E-state index is 12.6. The average Bonchev–Trinajstić information content (AvgIpc) is 2.13. The van der Waals surface area contributed by atoms with Gasteiger partial charge in [-0.25, -0.2) is 8.78 Å². The smallest absolute Gasteiger partial charge is 0.249 e. The molecule has 1 saturated heterocycles. The van der Waals surface area contributed by atoms with Gasteiger partial charge in [-0.1, -0.05) is 0 Å². The third kappa shape index (κ3) is 2.27. The van der Waals surface area contributed by atoms with Gasteiger partial charge in [0.2, 0.25) is 11.8 Å². The van der Waals surface area contributed by atoms with E-state index >= 15 is 0 Å². The van der Waals surface area contributed by atoms with E-state index in [1.54, 1.807) is 4.90 Å². The number of nitrogens with zero attached hydrogens (tertiary/aromatic N) is 1. The summed E-state index contributed by atoms with van der Waals surface area (Å²) >= 11 is 0. The van der Waals surface area contributed by atoms with Crippen molar-refractivity contribution in [2.24, 2.45) is 5.92 Å². The molecule has 0 unspecified atom stereocenters. The number of hydrogen-bond acceptors (Lipinski definition) is 2. The van der Waals surface area contributed by atoms with E-state index in [1.165, 1.54) is 0 Å². The molecule has 1 amide bonds. The Hall–Kier alpha value is -0.710. The minimum Gasteiger partial charge on any atom is -0.340 e. The number of rotatable bonds is 1. The Morgan fingerprint density at radius 1 is 1.47 bits per heavy atom. The van der Waals surface area contributed by atoms with Gasteiger partial charge in [0.25, 0.3) is 0 Å². The standard InChI is InChI=1S/C10H16F2N2O/c1-7-6-14(3-2-13-7)9(15)8-4-10(11,12)5-8/h7-8,13H,2-6H2,1H3/t7-/m1/s1. The summed E-state index contributed by atoms with van der Waals surface area (Å²) in [4.78, 5) is 13.5. The first kappa shape index (κ1) is 10.8. The lowest BCUT2D eigenvalue weighted by atomic mass is 9.80. The van der Waals surface area contributed by atoms with Crippen molar-refractivity contribution >= 4 is 5.91 Å². The van der Waals surface area contributed by atoms with E-state index in [-0.39, 0.29) is 24.8 Å². The van der Waals surface area contributed by atoms with E-state index < -0.39 is 11.8 Å². The minimum atomic E-state index is -2.60. The van der Waals surface area contributed by atoms with Gasteiger partial charge in [-0.2, -0.15) is 0 Å². The molecule has 1 heterocycles. The first-order valence-corrected chi connectivity index (χ1v) is 5.38. The summed E-state index contributed by atoms with van der Waals surface area (Å²) in [5.41, 5.74) is 0. The molecule has 2 rings (SSSR count). The highest BCUT2D eigenvalue weighted by atomic mass is 19.3. The Bertz CT molecular complexity index is 262. The topological polar surface area (TPSA) is 32.3 Å². The Labute approximate surface area is 87.8 Å². The van der Waals surface area contributed by atoms with Crippen LogP contribution in [0.4, 0.5) is 8.78 Å². The molecule has 2 aliphatic rings. The highest BCUT2D eigenvalue weighted by Crippen LogP contribution is 2.43. The van der Waals surface area contributed by atoms with Gasteiger partial charge in [0, 0.05) is 44.4 Å². The van der Waals surface area contributed by atoms with Crippen LogP contribution in [-0.2, 0) is 4.79 Å². The molecule has 0 spiro atoms. The number of halogens is 2. The van der Waals surface area contributed by atoms with E-state index in [4.69, 9.17) is 0 Å². The zero-order chi connectivity index (χ0) is 11.1. The Morgan fingerprint density at radius 3 is 2.67 bits per heavy atom. The molecular formula is C10H16F2N2O. The molecule has 0 aromatic heterocycles. The summed E-state index contributed by atoms with van der Waals surface area (Å²) in [6.45, 7) is 4.04. The Kier molecular flexibility index (Phi) is 2.66. The van der Waals surface area contributed by atoms with Crippen LogP contribution in [-0.4, -0.2) is 42.4 Å². The van der Waals surface area contributed by atoms with Crippen LogP contribution >= 0.6 is 0 Å². The zero-order valence-corrected chi connectivity index (χ0v) is 8.80. The van der Waals surface area contributed by atoms with Crippen LogP contribution in [0, 0.1) is 5.92 Å². The van der Waals surface area contributed by atoms with Gasteiger partial charge in [-0.3, -0.25) is 4.79 Å². The number of hydrogen-bond donors (Lipinski definition) is 1. The van der Waals surface area contributed by atoms with Gasteiger partial charge in [0.1, 0.15) is 0 Å². The first-order valence-electron chi connectivity index (χ1n) is 5.38. The van der Waals surface area contributed by atoms with E-state index in [0.717, 1.165) is 6.54 Å². The van der Waals surface area contributed by atoms with E-state index in [1.807, 2.05) is 6.92 Å². The second kappa shape index (κ2) is 3.70. The third-order valence-corrected chi connectivity index (χ3v) is 3.12. The Balaban J connectivity index is 1.86. The lowest BCUT2D eigenvalue weighted by Gasteiger charge is -2.39. The van der Waals surface area contributed by atoms with Gasteiger partial charge in [0.05, 0.1) is 0 Å². The van der Waals surface area contributed by atoms with Crippen LogP contribution in [0.5, 0.6) is 0 Å². The first-order chi connectivity index (χ1) is 6.98. The molecule has 1 aliphatic heterocycles. The van der Waals surface area contributed by atoms with Crippen LogP contribution < -0.4 is 5.32 Å². The molecule has 5 heteroatoms. The largest absolute Gasteiger partial charge is 0.340 e. The summed E-state index contributed by atoms with van der Waals surface area (Å²) in [6.07, 6.45) is -0.520. The van der Waals surface area contributed by atoms with Gasteiger partial charge >= 0.3 is 0 Å². The SMILES string of the molecule is C[C@@H]1CN(C(=O)C2CC(F)(F)C2)CCN1. The molecule has 1 N–H and O–H groups in total. The predicted molar refractivity (Wildman–Crippen MR) is 51.7 cm³/mol. The van der Waals surface area contributed by atoms with E-state index in [9.17, 15) is 13.6 Å². The highest BCUT2D eigenvalue weighted by Gasteiger charge is 2.49. The average molecular weight is 218 g/mol. The van der Waals surface area contributed by atoms with Crippen molar-refractivity contribution in [3.63, 3.8) is 0 Å². The van der Waals surface area contributed by atoms with Gasteiger partial charge in [-0.05, 0) is 6.92 Å². The highest BCUT2D eigenvalue weighted by molar-refractivity contribution is 5.80. The monoisotopic (exact) mass is 218 g/mol. The molecule has 1 atom stereocenters. The molecule has 0 bridgehead atoms. The summed E-state index contributed by atoms with van der Waals surface area (Å²) < 4.78 is 25.2. The zero-order valence-electron chi connectivity index (χ0n) is 8.80. The number of nitrogens with one attached hydrogen (secondary N) is 1. The fourth-order valence-electron chi connectivity index (χ4n) is 2.23. The lowest BCUT2D eigenvalue weighted by molar-refractivity contribution is -0.160. The molecular weight excluding hydrogens is 202 g/mol. The summed E-state index contributed by atoms with van der Waals surface area (Å²) in [5.74, 6) is -3.13. The number of piperazine rings is 1. The summed E-state index contributed by atoms with van der Waals surface area (Å²) in [6, 6.07) is 0.267. The fraction of sp³-hybridized carbons (Fsp3) is 0.900. The molecule has 1 saturated carbocycles. The van der Waals surface area contributed by atoms with Crippen molar-refractivity contribution in [1.29, 1.82) is 0 Å². The maximum atomic E-state index is 12.6. The second-order valence-corrected chi connectivity index (χ2v) is 4.60. The van der Waals surface area contributed by atoms with Crippen molar-refractivity contribution in [3.05, 3.63) is 0 Å². The molecule has 3 nitrogen and oxygen atoms in total. The van der Waals surface area contributed by atoms with Gasteiger partial charge < -0.3 is 10.2 Å². The Morgan fingerprint density at radius 2 is 2.13 bits per heavy atom. The second-order valence-electron chi connectivity index (χ2n) is 4.60. The number of carbonyl (C=O) groups excluding carboxylic acids is 1. The maximum Gasteiger partial charge on any atom is 0.249 e. The summed E-state index contributed by atoms with van der Waals surface area (Å²) in [7, 11) is 0. The van der Waals surface area contributed by atoms with Crippen molar-refractivity contribution in [1.82, 2.24) is 10.2 Å². The van der Waals surface area contributed by atoms with Crippen LogP contribution in [0.2, 0.25) is 0 Å². The predicted octanol–water partition coefficient (Wildman–Crippen LogP) is 0.852. The van der Waals surface area contributed by atoms with Crippen molar-refractivity contribution in [3.8, 4) is 0 Å². The molecule has 0 aromatic carbocycles. The van der Waals surface area contributed by atoms with E-state index in [0.29, 0.717) is 13.1 Å². The summed E-state index contributed by atoms with van der Waals surface area (Å²) in [5, 5.41) is 3.22. The molecule has 0 radical (unpaired) electrons. The molecule has 86 valence electrons. The van der Waals surface area contributed by atoms with Crippen LogP contribution in [0.15, 0.2) is 0 Å². The molecule has 1 aliphatic carbocycles. The number of amides is 1. The third-order valence-electron chi connectivity index (χ3n) is 3.12. The number of alkyl halides is 2. The number of carbonyl (C=O) groups is 1. The molecule has 2 fully saturated rings. The minimum absolute atomic E-state index is 0.0886. The molecule has 15 heavy (non-hydrogen) atoms. The van der Waals surface area contributed by atoms with Crippen LogP contribution in [0.1, 0.15) is 19.8 Å². The lowest BCUT2D eigenvalue weighted by Crippen LogP contribution is -2.55. The molecule has 0 aromatic rings. The van der Waals surface area contributed by atoms with Gasteiger partial charge in [-0.15, -0.1) is 0 Å². The van der Waals surface area contributed by atoms with Crippen molar-refractivity contribution in [2.75, 3.05) is 19.6 Å². The van der Waals surface area contributed by atoms with E-state index in [2.05, 4.69) is 5.32 Å². The van der Waals surface area contributed by atoms with Crippen LogP contribution in [0.3, 0.4) is 0 Å². The fourth-order valence-corrected chi connectivity index (χ4v) is 2.23. The normalized spacial score (nSPS) is 31.1. The van der Waals surface area contributed by atoms with Crippen molar-refractivity contribution < 1.29 is 13.6 Å². The quantitative estimate of drug-likeness (QED) is 0.707. The van der Waals surface area contributed by atoms with Crippen molar-refractivity contribution in [2.45, 2.75) is 31.7 Å². The van der Waals surface area contributed by atoms with Crippen LogP contribution in [0.25, 0.3) is 0 Å². The van der Waals surface area contributed by atoms with Gasteiger partial charge in [0.15, 0.2) is 0 Å².